The zero-order valence-corrected chi connectivity index (χ0v) is 16.2. The predicted octanol–water partition coefficient (Wildman–Crippen LogP) is 2.99. The van der Waals surface area contributed by atoms with Gasteiger partial charge in [-0.2, -0.15) is 0 Å². The summed E-state index contributed by atoms with van der Waals surface area (Å²) in [5.41, 5.74) is 3.63. The summed E-state index contributed by atoms with van der Waals surface area (Å²) >= 11 is 0. The first-order valence-electron chi connectivity index (χ1n) is 8.78. The Morgan fingerprint density at radius 1 is 1.15 bits per heavy atom. The molecule has 0 N–H and O–H groups in total. The van der Waals surface area contributed by atoms with Gasteiger partial charge in [0.05, 0.1) is 11.9 Å². The molecule has 0 saturated carbocycles. The second kappa shape index (κ2) is 7.11. The number of carbonyl (C=O) groups excluding carboxylic acids is 1. The minimum Gasteiger partial charge on any atom is -0.307 e. The zero-order valence-electron chi connectivity index (χ0n) is 15.3. The summed E-state index contributed by atoms with van der Waals surface area (Å²) in [5, 5.41) is 0. The molecule has 0 fully saturated rings. The highest BCUT2D eigenvalue weighted by Gasteiger charge is 2.33. The van der Waals surface area contributed by atoms with Gasteiger partial charge in [0.25, 0.3) is 0 Å². The fourth-order valence-electron chi connectivity index (χ4n) is 3.44. The van der Waals surface area contributed by atoms with Gasteiger partial charge in [-0.25, -0.2) is 8.42 Å². The normalized spacial score (nSPS) is 16.4. The Morgan fingerprint density at radius 3 is 2.42 bits per heavy atom. The fourth-order valence-corrected chi connectivity index (χ4v) is 4.29. The van der Waals surface area contributed by atoms with E-state index in [0.717, 1.165) is 35.9 Å². The average molecular weight is 372 g/mol. The van der Waals surface area contributed by atoms with Crippen LogP contribution in [0.2, 0.25) is 0 Å². The topological polar surface area (TPSA) is 57.7 Å². The Morgan fingerprint density at radius 2 is 1.81 bits per heavy atom. The van der Waals surface area contributed by atoms with Gasteiger partial charge in [-0.3, -0.25) is 9.10 Å². The Kier molecular flexibility index (Phi) is 5.05. The number of nitrogens with zero attached hydrogens (tertiary/aromatic N) is 2. The number of aryl methyl sites for hydroxylation is 1. The van der Waals surface area contributed by atoms with Crippen LogP contribution in [0.1, 0.15) is 25.0 Å². The van der Waals surface area contributed by atoms with Crippen LogP contribution in [0, 0.1) is 0 Å². The number of rotatable bonds is 5. The van der Waals surface area contributed by atoms with Crippen LogP contribution in [0.5, 0.6) is 0 Å². The van der Waals surface area contributed by atoms with Crippen molar-refractivity contribution in [1.29, 1.82) is 0 Å². The summed E-state index contributed by atoms with van der Waals surface area (Å²) < 4.78 is 25.8. The van der Waals surface area contributed by atoms with E-state index in [-0.39, 0.29) is 18.5 Å². The molecular weight excluding hydrogens is 348 g/mol. The molecular formula is C20H24N2O3S. The van der Waals surface area contributed by atoms with Gasteiger partial charge >= 0.3 is 0 Å². The fraction of sp³-hybridized carbons (Fsp3) is 0.350. The molecule has 5 nitrogen and oxygen atoms in total. The number of para-hydroxylation sites is 1. The second-order valence-electron chi connectivity index (χ2n) is 6.74. The summed E-state index contributed by atoms with van der Waals surface area (Å²) in [7, 11) is -3.57. The van der Waals surface area contributed by atoms with Gasteiger partial charge in [-0.15, -0.1) is 0 Å². The molecule has 2 aromatic rings. The number of benzene rings is 2. The molecule has 26 heavy (non-hydrogen) atoms. The Hall–Kier alpha value is -2.34. The van der Waals surface area contributed by atoms with Crippen molar-refractivity contribution in [2.75, 3.05) is 22.0 Å². The molecule has 0 aromatic heterocycles. The van der Waals surface area contributed by atoms with E-state index in [1.807, 2.05) is 50.2 Å². The predicted molar refractivity (Wildman–Crippen MR) is 105 cm³/mol. The molecule has 2 aromatic carbocycles. The van der Waals surface area contributed by atoms with Gasteiger partial charge in [0.2, 0.25) is 15.9 Å². The number of amides is 1. The number of sulfonamides is 1. The van der Waals surface area contributed by atoms with E-state index < -0.39 is 10.0 Å². The number of fused-ring (bicyclic) bond motifs is 1. The van der Waals surface area contributed by atoms with E-state index in [4.69, 9.17) is 0 Å². The highest BCUT2D eigenvalue weighted by atomic mass is 32.2. The standard InChI is InChI=1S/C20H24N2O3S/c1-4-16-9-11-18(12-10-16)21(26(3,24)25)14-20(23)22-15(2)13-17-7-5-6-8-19(17)22/h5-12,15H,4,13-14H2,1-3H3. The van der Waals surface area contributed by atoms with Gasteiger partial charge in [0.15, 0.2) is 0 Å². The van der Waals surface area contributed by atoms with Crippen LogP contribution in [-0.2, 0) is 27.7 Å². The summed E-state index contributed by atoms with van der Waals surface area (Å²) in [5.74, 6) is -0.215. The largest absolute Gasteiger partial charge is 0.307 e. The molecule has 1 atom stereocenters. The maximum absolute atomic E-state index is 13.0. The van der Waals surface area contributed by atoms with Crippen molar-refractivity contribution in [1.82, 2.24) is 0 Å². The lowest BCUT2D eigenvalue weighted by atomic mass is 10.1. The van der Waals surface area contributed by atoms with Crippen LogP contribution < -0.4 is 9.21 Å². The van der Waals surface area contributed by atoms with Crippen molar-refractivity contribution in [3.8, 4) is 0 Å². The second-order valence-corrected chi connectivity index (χ2v) is 8.64. The quantitative estimate of drug-likeness (QED) is 0.811. The van der Waals surface area contributed by atoms with Crippen molar-refractivity contribution in [3.63, 3.8) is 0 Å². The molecule has 3 rings (SSSR count). The monoisotopic (exact) mass is 372 g/mol. The molecule has 0 radical (unpaired) electrons. The van der Waals surface area contributed by atoms with Crippen molar-refractivity contribution >= 4 is 27.3 Å². The summed E-state index contributed by atoms with van der Waals surface area (Å²) in [6, 6.07) is 15.1. The summed E-state index contributed by atoms with van der Waals surface area (Å²) in [4.78, 5) is 14.7. The summed E-state index contributed by atoms with van der Waals surface area (Å²) in [6.07, 6.45) is 2.79. The third-order valence-electron chi connectivity index (χ3n) is 4.79. The van der Waals surface area contributed by atoms with Crippen LogP contribution >= 0.6 is 0 Å². The van der Waals surface area contributed by atoms with Crippen LogP contribution in [0.25, 0.3) is 0 Å². The van der Waals surface area contributed by atoms with Gasteiger partial charge in [0.1, 0.15) is 6.54 Å². The minimum atomic E-state index is -3.57. The van der Waals surface area contributed by atoms with E-state index in [0.29, 0.717) is 5.69 Å². The number of hydrogen-bond acceptors (Lipinski definition) is 3. The van der Waals surface area contributed by atoms with Crippen LogP contribution in [0.15, 0.2) is 48.5 Å². The molecule has 0 bridgehead atoms. The number of anilines is 2. The SMILES string of the molecule is CCc1ccc(N(CC(=O)N2c3ccccc3CC2C)S(C)(=O)=O)cc1. The Bertz CT molecular complexity index is 907. The van der Waals surface area contributed by atoms with Gasteiger partial charge in [-0.05, 0) is 49.1 Å². The van der Waals surface area contributed by atoms with Crippen LogP contribution in [0.4, 0.5) is 11.4 Å². The first kappa shape index (κ1) is 18.5. The third kappa shape index (κ3) is 3.60. The lowest BCUT2D eigenvalue weighted by Gasteiger charge is -2.28. The van der Waals surface area contributed by atoms with Crippen LogP contribution in [-0.4, -0.2) is 33.2 Å². The van der Waals surface area contributed by atoms with Gasteiger partial charge < -0.3 is 4.90 Å². The summed E-state index contributed by atoms with van der Waals surface area (Å²) in [6.45, 7) is 3.82. The van der Waals surface area contributed by atoms with E-state index in [1.165, 1.54) is 4.31 Å². The van der Waals surface area contributed by atoms with E-state index in [2.05, 4.69) is 0 Å². The molecule has 6 heteroatoms. The average Bonchev–Trinajstić information content (AvgIpc) is 2.94. The van der Waals surface area contributed by atoms with Crippen molar-refractivity contribution < 1.29 is 13.2 Å². The zero-order chi connectivity index (χ0) is 18.9. The number of carbonyl (C=O) groups is 1. The maximum atomic E-state index is 13.0. The van der Waals surface area contributed by atoms with E-state index in [1.54, 1.807) is 17.0 Å². The Balaban J connectivity index is 1.89. The lowest BCUT2D eigenvalue weighted by molar-refractivity contribution is -0.117. The molecule has 0 spiro atoms. The lowest BCUT2D eigenvalue weighted by Crippen LogP contribution is -2.45. The smallest absolute Gasteiger partial charge is 0.248 e. The van der Waals surface area contributed by atoms with Crippen molar-refractivity contribution in [3.05, 3.63) is 59.7 Å². The molecule has 0 saturated heterocycles. The molecule has 1 amide bonds. The molecule has 138 valence electrons. The molecule has 0 aliphatic carbocycles. The third-order valence-corrected chi connectivity index (χ3v) is 5.93. The Labute approximate surface area is 155 Å². The molecule has 1 aliphatic heterocycles. The molecule has 1 aliphatic rings. The van der Waals surface area contributed by atoms with E-state index >= 15 is 0 Å². The maximum Gasteiger partial charge on any atom is 0.248 e. The molecule has 1 unspecified atom stereocenters. The van der Waals surface area contributed by atoms with Crippen LogP contribution in [0.3, 0.4) is 0 Å². The molecule has 1 heterocycles. The first-order chi connectivity index (χ1) is 12.3. The first-order valence-corrected chi connectivity index (χ1v) is 10.6. The van der Waals surface area contributed by atoms with Gasteiger partial charge in [-0.1, -0.05) is 37.3 Å². The van der Waals surface area contributed by atoms with E-state index in [9.17, 15) is 13.2 Å². The highest BCUT2D eigenvalue weighted by molar-refractivity contribution is 7.92. The minimum absolute atomic E-state index is 0.0174. The highest BCUT2D eigenvalue weighted by Crippen LogP contribution is 2.32. The number of hydrogen-bond donors (Lipinski definition) is 0. The van der Waals surface area contributed by atoms with Gasteiger partial charge in [0, 0.05) is 11.7 Å². The van der Waals surface area contributed by atoms with Crippen molar-refractivity contribution in [2.24, 2.45) is 0 Å². The van der Waals surface area contributed by atoms with Crippen molar-refractivity contribution in [2.45, 2.75) is 32.7 Å².